The number of carbonyl (C=O) groups excluding carboxylic acids is 1. The number of nitrogens with one attached hydrogen (secondary N) is 1. The standard InChI is InChI=1S/C17H25NO4/c1-20-15-7-6-14(10-16(15)21-2)11-17(19)18-8-3-9-22-12-13-4-5-13/h6-7,10,13H,3-5,8-9,11-12H2,1-2H3,(H,18,19). The third-order valence-corrected chi connectivity index (χ3v) is 3.65. The van der Waals surface area contributed by atoms with Crippen molar-refractivity contribution in [3.8, 4) is 11.5 Å². The monoisotopic (exact) mass is 307 g/mol. The third kappa shape index (κ3) is 5.56. The molecular weight excluding hydrogens is 282 g/mol. The lowest BCUT2D eigenvalue weighted by Crippen LogP contribution is -2.26. The summed E-state index contributed by atoms with van der Waals surface area (Å²) in [7, 11) is 3.18. The Labute approximate surface area is 131 Å². The molecule has 2 rings (SSSR count). The highest BCUT2D eigenvalue weighted by Crippen LogP contribution is 2.29. The molecule has 122 valence electrons. The molecule has 0 heterocycles. The van der Waals surface area contributed by atoms with E-state index in [-0.39, 0.29) is 5.91 Å². The molecule has 1 aliphatic carbocycles. The lowest BCUT2D eigenvalue weighted by Gasteiger charge is -2.10. The molecule has 0 bridgehead atoms. The van der Waals surface area contributed by atoms with E-state index in [2.05, 4.69) is 5.32 Å². The SMILES string of the molecule is COc1ccc(CC(=O)NCCCOCC2CC2)cc1OC. The van der Waals surface area contributed by atoms with Gasteiger partial charge in [-0.2, -0.15) is 0 Å². The Kier molecular flexibility index (Phi) is 6.52. The Morgan fingerprint density at radius 3 is 2.68 bits per heavy atom. The lowest BCUT2D eigenvalue weighted by molar-refractivity contribution is -0.120. The predicted molar refractivity (Wildman–Crippen MR) is 84.4 cm³/mol. The summed E-state index contributed by atoms with van der Waals surface area (Å²) in [4.78, 5) is 11.9. The van der Waals surface area contributed by atoms with Gasteiger partial charge < -0.3 is 19.5 Å². The van der Waals surface area contributed by atoms with Gasteiger partial charge in [0.1, 0.15) is 0 Å². The van der Waals surface area contributed by atoms with Gasteiger partial charge in [-0.3, -0.25) is 4.79 Å². The van der Waals surface area contributed by atoms with Crippen molar-refractivity contribution in [1.29, 1.82) is 0 Å². The number of hydrogen-bond donors (Lipinski definition) is 1. The highest BCUT2D eigenvalue weighted by Gasteiger charge is 2.20. The van der Waals surface area contributed by atoms with Crippen molar-refractivity contribution in [3.05, 3.63) is 23.8 Å². The van der Waals surface area contributed by atoms with Crippen LogP contribution < -0.4 is 14.8 Å². The first-order chi connectivity index (χ1) is 10.7. The molecule has 1 amide bonds. The summed E-state index contributed by atoms with van der Waals surface area (Å²) in [5.74, 6) is 2.11. The number of benzene rings is 1. The van der Waals surface area contributed by atoms with Gasteiger partial charge in [0.15, 0.2) is 11.5 Å². The number of ether oxygens (including phenoxy) is 3. The van der Waals surface area contributed by atoms with Gasteiger partial charge in [0, 0.05) is 19.8 Å². The third-order valence-electron chi connectivity index (χ3n) is 3.65. The van der Waals surface area contributed by atoms with E-state index in [0.29, 0.717) is 31.1 Å². The highest BCUT2D eigenvalue weighted by molar-refractivity contribution is 5.78. The van der Waals surface area contributed by atoms with Crippen molar-refractivity contribution < 1.29 is 19.0 Å². The number of rotatable bonds is 10. The topological polar surface area (TPSA) is 56.8 Å². The Bertz CT molecular complexity index is 486. The zero-order valence-electron chi connectivity index (χ0n) is 13.4. The fourth-order valence-corrected chi connectivity index (χ4v) is 2.18. The fourth-order valence-electron chi connectivity index (χ4n) is 2.18. The van der Waals surface area contributed by atoms with Gasteiger partial charge in [-0.25, -0.2) is 0 Å². The Hall–Kier alpha value is -1.75. The van der Waals surface area contributed by atoms with E-state index in [0.717, 1.165) is 24.5 Å². The second kappa shape index (κ2) is 8.63. The van der Waals surface area contributed by atoms with Crippen LogP contribution in [0.1, 0.15) is 24.8 Å². The van der Waals surface area contributed by atoms with E-state index in [4.69, 9.17) is 14.2 Å². The molecule has 0 aliphatic heterocycles. The first kappa shape index (κ1) is 16.6. The van der Waals surface area contributed by atoms with Crippen molar-refractivity contribution in [2.24, 2.45) is 5.92 Å². The molecule has 1 aromatic carbocycles. The molecule has 0 unspecified atom stereocenters. The summed E-state index contributed by atoms with van der Waals surface area (Å²) >= 11 is 0. The average Bonchev–Trinajstić information content (AvgIpc) is 3.34. The van der Waals surface area contributed by atoms with Crippen LogP contribution in [-0.2, 0) is 16.0 Å². The van der Waals surface area contributed by atoms with Crippen molar-refractivity contribution in [2.45, 2.75) is 25.7 Å². The molecule has 0 aromatic heterocycles. The molecule has 0 spiro atoms. The van der Waals surface area contributed by atoms with Crippen molar-refractivity contribution in [3.63, 3.8) is 0 Å². The van der Waals surface area contributed by atoms with E-state index in [1.807, 2.05) is 18.2 Å². The Morgan fingerprint density at radius 2 is 2.00 bits per heavy atom. The average molecular weight is 307 g/mol. The van der Waals surface area contributed by atoms with E-state index in [1.54, 1.807) is 14.2 Å². The Balaban J connectivity index is 1.65. The van der Waals surface area contributed by atoms with Crippen LogP contribution in [0.5, 0.6) is 11.5 Å². The number of amides is 1. The highest BCUT2D eigenvalue weighted by atomic mass is 16.5. The molecule has 1 aliphatic rings. The fraction of sp³-hybridized carbons (Fsp3) is 0.588. The summed E-state index contributed by atoms with van der Waals surface area (Å²) in [6.45, 7) is 2.24. The lowest BCUT2D eigenvalue weighted by atomic mass is 10.1. The smallest absolute Gasteiger partial charge is 0.224 e. The molecule has 0 radical (unpaired) electrons. The Morgan fingerprint density at radius 1 is 1.23 bits per heavy atom. The molecule has 0 saturated heterocycles. The number of hydrogen-bond acceptors (Lipinski definition) is 4. The quantitative estimate of drug-likeness (QED) is 0.673. The first-order valence-electron chi connectivity index (χ1n) is 7.78. The van der Waals surface area contributed by atoms with Gasteiger partial charge in [-0.05, 0) is 42.9 Å². The van der Waals surface area contributed by atoms with Crippen molar-refractivity contribution >= 4 is 5.91 Å². The summed E-state index contributed by atoms with van der Waals surface area (Å²) in [5, 5.41) is 2.91. The van der Waals surface area contributed by atoms with E-state index in [9.17, 15) is 4.79 Å². The molecule has 1 aromatic rings. The minimum atomic E-state index is 0.00872. The maximum absolute atomic E-state index is 11.9. The van der Waals surface area contributed by atoms with Gasteiger partial charge in [-0.15, -0.1) is 0 Å². The minimum Gasteiger partial charge on any atom is -0.493 e. The maximum Gasteiger partial charge on any atom is 0.224 e. The molecule has 1 saturated carbocycles. The van der Waals surface area contributed by atoms with Gasteiger partial charge in [-0.1, -0.05) is 6.07 Å². The van der Waals surface area contributed by atoms with Gasteiger partial charge in [0.25, 0.3) is 0 Å². The summed E-state index contributed by atoms with van der Waals surface area (Å²) in [6, 6.07) is 5.52. The van der Waals surface area contributed by atoms with E-state index in [1.165, 1.54) is 12.8 Å². The second-order valence-corrected chi connectivity index (χ2v) is 5.59. The van der Waals surface area contributed by atoms with E-state index < -0.39 is 0 Å². The van der Waals surface area contributed by atoms with Crippen LogP contribution in [0.15, 0.2) is 18.2 Å². The van der Waals surface area contributed by atoms with Crippen molar-refractivity contribution in [2.75, 3.05) is 34.0 Å². The molecule has 1 N–H and O–H groups in total. The van der Waals surface area contributed by atoms with Crippen LogP contribution in [0.4, 0.5) is 0 Å². The molecule has 22 heavy (non-hydrogen) atoms. The number of carbonyl (C=O) groups is 1. The molecule has 0 atom stereocenters. The summed E-state index contributed by atoms with van der Waals surface area (Å²) in [6.07, 6.45) is 3.80. The summed E-state index contributed by atoms with van der Waals surface area (Å²) < 4.78 is 15.9. The normalized spacial score (nSPS) is 13.7. The molecular formula is C17H25NO4. The van der Waals surface area contributed by atoms with Crippen molar-refractivity contribution in [1.82, 2.24) is 5.32 Å². The van der Waals surface area contributed by atoms with E-state index >= 15 is 0 Å². The second-order valence-electron chi connectivity index (χ2n) is 5.59. The summed E-state index contributed by atoms with van der Waals surface area (Å²) in [5.41, 5.74) is 0.903. The number of methoxy groups -OCH3 is 2. The molecule has 1 fully saturated rings. The van der Waals surface area contributed by atoms with Crippen LogP contribution in [0, 0.1) is 5.92 Å². The van der Waals surface area contributed by atoms with Crippen LogP contribution >= 0.6 is 0 Å². The van der Waals surface area contributed by atoms with Crippen LogP contribution in [-0.4, -0.2) is 39.9 Å². The maximum atomic E-state index is 11.9. The van der Waals surface area contributed by atoms with Gasteiger partial charge in [0.05, 0.1) is 20.6 Å². The minimum absolute atomic E-state index is 0.00872. The zero-order chi connectivity index (χ0) is 15.8. The predicted octanol–water partition coefficient (Wildman–Crippen LogP) is 2.18. The van der Waals surface area contributed by atoms with Crippen LogP contribution in [0.2, 0.25) is 0 Å². The van der Waals surface area contributed by atoms with Crippen LogP contribution in [0.3, 0.4) is 0 Å². The van der Waals surface area contributed by atoms with Gasteiger partial charge in [0.2, 0.25) is 5.91 Å². The molecule has 5 nitrogen and oxygen atoms in total. The first-order valence-corrected chi connectivity index (χ1v) is 7.78. The molecule has 5 heteroatoms. The van der Waals surface area contributed by atoms with Gasteiger partial charge >= 0.3 is 0 Å². The van der Waals surface area contributed by atoms with Crippen LogP contribution in [0.25, 0.3) is 0 Å². The zero-order valence-corrected chi connectivity index (χ0v) is 13.4. The largest absolute Gasteiger partial charge is 0.493 e.